The van der Waals surface area contributed by atoms with Crippen molar-refractivity contribution in [3.63, 3.8) is 0 Å². The average molecular weight is 407 g/mol. The van der Waals surface area contributed by atoms with Gasteiger partial charge in [0.15, 0.2) is 17.3 Å². The van der Waals surface area contributed by atoms with E-state index in [0.29, 0.717) is 22.9 Å². The van der Waals surface area contributed by atoms with E-state index in [1.807, 2.05) is 13.0 Å². The van der Waals surface area contributed by atoms with Gasteiger partial charge < -0.3 is 14.6 Å². The van der Waals surface area contributed by atoms with Crippen molar-refractivity contribution in [2.45, 2.75) is 26.8 Å². The van der Waals surface area contributed by atoms with Crippen molar-refractivity contribution in [2.24, 2.45) is 0 Å². The van der Waals surface area contributed by atoms with Crippen LogP contribution in [0, 0.1) is 19.7 Å². The molecule has 4 aromatic rings. The predicted molar refractivity (Wildman–Crippen MR) is 113 cm³/mol. The van der Waals surface area contributed by atoms with Gasteiger partial charge in [-0.1, -0.05) is 0 Å². The Morgan fingerprint density at radius 2 is 1.93 bits per heavy atom. The van der Waals surface area contributed by atoms with Gasteiger partial charge in [-0.3, -0.25) is 0 Å². The zero-order valence-electron chi connectivity index (χ0n) is 17.1. The van der Waals surface area contributed by atoms with Crippen molar-refractivity contribution in [2.75, 3.05) is 24.5 Å². The maximum atomic E-state index is 14.5. The fourth-order valence-electron chi connectivity index (χ4n) is 4.04. The van der Waals surface area contributed by atoms with Crippen molar-refractivity contribution in [3.05, 3.63) is 58.3 Å². The number of piperazine rings is 1. The molecule has 5 rings (SSSR count). The van der Waals surface area contributed by atoms with Gasteiger partial charge in [0.05, 0.1) is 11.4 Å². The lowest BCUT2D eigenvalue weighted by molar-refractivity contribution is 0.484. The molecule has 1 N–H and O–H groups in total. The minimum absolute atomic E-state index is 0.193. The van der Waals surface area contributed by atoms with E-state index < -0.39 is 11.5 Å². The lowest BCUT2D eigenvalue weighted by Gasteiger charge is -2.33. The van der Waals surface area contributed by atoms with Crippen LogP contribution >= 0.6 is 0 Å². The summed E-state index contributed by atoms with van der Waals surface area (Å²) in [6.45, 7) is 8.48. The Morgan fingerprint density at radius 1 is 1.10 bits per heavy atom. The Kier molecular flexibility index (Phi) is 4.28. The van der Waals surface area contributed by atoms with Crippen LogP contribution in [0.4, 0.5) is 10.1 Å². The number of pyridine rings is 2. The molecular formula is C21H22FN7O. The average Bonchev–Trinajstić information content (AvgIpc) is 3.09. The van der Waals surface area contributed by atoms with E-state index in [9.17, 15) is 9.18 Å². The Balaban J connectivity index is 1.63. The molecule has 1 atom stereocenters. The summed E-state index contributed by atoms with van der Waals surface area (Å²) in [6.07, 6.45) is 5.20. The van der Waals surface area contributed by atoms with Gasteiger partial charge in [0, 0.05) is 49.8 Å². The summed E-state index contributed by atoms with van der Waals surface area (Å²) < 4.78 is 17.6. The van der Waals surface area contributed by atoms with Crippen molar-refractivity contribution in [3.8, 4) is 11.4 Å². The molecule has 0 saturated carbocycles. The first kappa shape index (κ1) is 18.7. The molecule has 0 bridgehead atoms. The number of imidazole rings is 1. The number of fused-ring (bicyclic) bond motifs is 2. The van der Waals surface area contributed by atoms with Crippen LogP contribution in [0.5, 0.6) is 0 Å². The normalized spacial score (nSPS) is 17.2. The van der Waals surface area contributed by atoms with Crippen LogP contribution in [0.25, 0.3) is 22.7 Å². The maximum Gasteiger partial charge on any atom is 0.355 e. The number of halogens is 1. The molecule has 1 aliphatic rings. The summed E-state index contributed by atoms with van der Waals surface area (Å²) >= 11 is 0. The van der Waals surface area contributed by atoms with Gasteiger partial charge in [-0.2, -0.15) is 4.98 Å². The molecule has 0 radical (unpaired) electrons. The number of anilines is 1. The zero-order valence-corrected chi connectivity index (χ0v) is 17.1. The van der Waals surface area contributed by atoms with E-state index in [-0.39, 0.29) is 11.5 Å². The van der Waals surface area contributed by atoms with Crippen molar-refractivity contribution >= 4 is 17.0 Å². The molecule has 9 heteroatoms. The molecule has 1 saturated heterocycles. The molecule has 0 amide bonds. The van der Waals surface area contributed by atoms with Crippen LogP contribution in [0.3, 0.4) is 0 Å². The van der Waals surface area contributed by atoms with E-state index in [1.165, 1.54) is 10.5 Å². The van der Waals surface area contributed by atoms with Crippen molar-refractivity contribution in [1.29, 1.82) is 0 Å². The maximum absolute atomic E-state index is 14.5. The van der Waals surface area contributed by atoms with Gasteiger partial charge in [-0.05, 0) is 38.5 Å². The monoisotopic (exact) mass is 407 g/mol. The first-order valence-corrected chi connectivity index (χ1v) is 9.93. The first-order valence-electron chi connectivity index (χ1n) is 9.93. The topological polar surface area (TPSA) is 79.8 Å². The highest BCUT2D eigenvalue weighted by Gasteiger charge is 2.19. The van der Waals surface area contributed by atoms with Gasteiger partial charge in [-0.15, -0.1) is 0 Å². The molecule has 8 nitrogen and oxygen atoms in total. The van der Waals surface area contributed by atoms with Crippen LogP contribution in [0.15, 0.2) is 35.5 Å². The fourth-order valence-corrected chi connectivity index (χ4v) is 4.04. The first-order chi connectivity index (χ1) is 14.4. The van der Waals surface area contributed by atoms with Gasteiger partial charge in [0.1, 0.15) is 5.65 Å². The number of nitrogens with one attached hydrogen (secondary N) is 1. The van der Waals surface area contributed by atoms with E-state index in [4.69, 9.17) is 0 Å². The summed E-state index contributed by atoms with van der Waals surface area (Å²) in [5, 5.41) is 3.42. The summed E-state index contributed by atoms with van der Waals surface area (Å²) in [5.74, 6) is -0.289. The summed E-state index contributed by atoms with van der Waals surface area (Å²) in [6, 6.07) is 3.73. The number of hydrogen-bond acceptors (Lipinski definition) is 6. The summed E-state index contributed by atoms with van der Waals surface area (Å²) in [5.41, 5.74) is 3.27. The van der Waals surface area contributed by atoms with Crippen LogP contribution in [0.2, 0.25) is 0 Å². The number of rotatable bonds is 2. The summed E-state index contributed by atoms with van der Waals surface area (Å²) in [7, 11) is 0. The van der Waals surface area contributed by atoms with Gasteiger partial charge in [0.2, 0.25) is 0 Å². The molecule has 154 valence electrons. The highest BCUT2D eigenvalue weighted by atomic mass is 19.1. The fraction of sp³-hybridized carbons (Fsp3) is 0.333. The molecule has 4 aromatic heterocycles. The molecule has 0 aliphatic carbocycles. The van der Waals surface area contributed by atoms with E-state index in [0.717, 1.165) is 30.9 Å². The van der Waals surface area contributed by atoms with Crippen molar-refractivity contribution in [1.82, 2.24) is 29.1 Å². The number of aromatic nitrogens is 5. The minimum Gasteiger partial charge on any atom is -0.368 e. The molecular weight excluding hydrogens is 385 g/mol. The van der Waals surface area contributed by atoms with E-state index in [1.54, 1.807) is 29.9 Å². The van der Waals surface area contributed by atoms with Gasteiger partial charge in [-0.25, -0.2) is 23.6 Å². The van der Waals surface area contributed by atoms with E-state index >= 15 is 0 Å². The predicted octanol–water partition coefficient (Wildman–Crippen LogP) is 1.96. The highest BCUT2D eigenvalue weighted by Crippen LogP contribution is 2.23. The highest BCUT2D eigenvalue weighted by molar-refractivity contribution is 5.63. The van der Waals surface area contributed by atoms with Crippen LogP contribution in [0.1, 0.15) is 18.2 Å². The van der Waals surface area contributed by atoms with Crippen LogP contribution in [-0.2, 0) is 0 Å². The lowest BCUT2D eigenvalue weighted by Crippen LogP contribution is -2.49. The largest absolute Gasteiger partial charge is 0.368 e. The second-order valence-corrected chi connectivity index (χ2v) is 7.90. The Hall–Kier alpha value is -3.33. The van der Waals surface area contributed by atoms with Gasteiger partial charge in [0.25, 0.3) is 0 Å². The smallest absolute Gasteiger partial charge is 0.355 e. The third-order valence-electron chi connectivity index (χ3n) is 5.44. The third kappa shape index (κ3) is 3.11. The third-order valence-corrected chi connectivity index (χ3v) is 5.44. The Bertz CT molecular complexity index is 1340. The lowest BCUT2D eigenvalue weighted by atomic mass is 10.2. The quantitative estimate of drug-likeness (QED) is 0.547. The zero-order chi connectivity index (χ0) is 21.0. The molecule has 1 fully saturated rings. The number of hydrogen-bond donors (Lipinski definition) is 1. The summed E-state index contributed by atoms with van der Waals surface area (Å²) in [4.78, 5) is 28.0. The molecule has 5 heterocycles. The standard InChI is InChI=1S/C21H22FN7O/c1-12-6-16(27-5-4-23-13(2)8-27)11-29-19(12)25-18(26-21(29)30)15-7-17(22)20-24-14(3)9-28(20)10-15/h6-7,9-11,13,23H,4-5,8H2,1-3H3/t13-/m0/s1. The van der Waals surface area contributed by atoms with Crippen molar-refractivity contribution < 1.29 is 4.39 Å². The number of aryl methyl sites for hydroxylation is 2. The molecule has 0 unspecified atom stereocenters. The Morgan fingerprint density at radius 3 is 2.73 bits per heavy atom. The van der Waals surface area contributed by atoms with Gasteiger partial charge >= 0.3 is 5.69 Å². The molecule has 0 aromatic carbocycles. The van der Waals surface area contributed by atoms with Crippen LogP contribution < -0.4 is 15.9 Å². The molecule has 30 heavy (non-hydrogen) atoms. The Labute approximate surface area is 172 Å². The molecule has 1 aliphatic heterocycles. The van der Waals surface area contributed by atoms with Crippen LogP contribution in [-0.4, -0.2) is 49.4 Å². The second-order valence-electron chi connectivity index (χ2n) is 7.90. The number of nitrogens with zero attached hydrogens (tertiary/aromatic N) is 6. The second kappa shape index (κ2) is 6.88. The SMILES string of the molecule is Cc1cn2cc(-c3nc(=O)n4cc(N5CCN[C@@H](C)C5)cc(C)c4n3)cc(F)c2n1. The van der Waals surface area contributed by atoms with E-state index in [2.05, 4.69) is 32.1 Å². The molecule has 0 spiro atoms. The minimum atomic E-state index is -0.482.